The van der Waals surface area contributed by atoms with Crippen molar-refractivity contribution < 1.29 is 9.53 Å². The second-order valence-corrected chi connectivity index (χ2v) is 7.96. The molecule has 0 bridgehead atoms. The summed E-state index contributed by atoms with van der Waals surface area (Å²) >= 11 is 0. The molecule has 1 aromatic rings. The largest absolute Gasteiger partial charge is 0.497 e. The number of nitrogens with zero attached hydrogens (tertiary/aromatic N) is 4. The minimum absolute atomic E-state index is 0.286. The molecular weight excluding hydrogens is 366 g/mol. The van der Waals surface area contributed by atoms with Crippen LogP contribution in [0, 0.1) is 6.92 Å². The van der Waals surface area contributed by atoms with Crippen molar-refractivity contribution in [1.82, 2.24) is 20.0 Å². The van der Waals surface area contributed by atoms with E-state index in [-0.39, 0.29) is 5.91 Å². The highest BCUT2D eigenvalue weighted by Gasteiger charge is 2.24. The molecule has 1 aromatic carbocycles. The fourth-order valence-electron chi connectivity index (χ4n) is 4.11. The molecule has 0 aliphatic carbocycles. The summed E-state index contributed by atoms with van der Waals surface area (Å²) in [4.78, 5) is 23.5. The van der Waals surface area contributed by atoms with E-state index in [0.717, 1.165) is 63.8 Å². The number of methoxy groups -OCH3 is 1. The van der Waals surface area contributed by atoms with Gasteiger partial charge in [-0.25, -0.2) is 0 Å². The number of piperazine rings is 1. The maximum atomic E-state index is 12.5. The molecule has 0 aromatic heterocycles. The van der Waals surface area contributed by atoms with Gasteiger partial charge in [-0.3, -0.25) is 14.7 Å². The Morgan fingerprint density at radius 1 is 1.03 bits per heavy atom. The van der Waals surface area contributed by atoms with E-state index in [0.29, 0.717) is 13.1 Å². The van der Waals surface area contributed by atoms with E-state index in [2.05, 4.69) is 39.2 Å². The van der Waals surface area contributed by atoms with Crippen LogP contribution >= 0.6 is 0 Å². The lowest BCUT2D eigenvalue weighted by Gasteiger charge is -2.37. The van der Waals surface area contributed by atoms with E-state index >= 15 is 0 Å². The van der Waals surface area contributed by atoms with E-state index in [1.165, 1.54) is 17.5 Å². The second kappa shape index (κ2) is 10.5. The Morgan fingerprint density at radius 3 is 2.41 bits per heavy atom. The van der Waals surface area contributed by atoms with Crippen molar-refractivity contribution in [2.45, 2.75) is 32.7 Å². The molecule has 7 heteroatoms. The highest BCUT2D eigenvalue weighted by molar-refractivity contribution is 5.80. The van der Waals surface area contributed by atoms with E-state index in [9.17, 15) is 4.79 Å². The summed E-state index contributed by atoms with van der Waals surface area (Å²) in [7, 11) is 3.52. The van der Waals surface area contributed by atoms with Crippen LogP contribution < -0.4 is 10.1 Å². The average molecular weight is 402 g/mol. The standard InChI is InChI=1S/C22H35N5O2/c1-18-13-19(15-20(14-18)29-3)16-24-22(23-2)27-11-9-25(10-12-27)17-21(28)26-7-5-4-6-8-26/h13-15H,4-12,16-17H2,1-3H3,(H,23,24). The fraction of sp³-hybridized carbons (Fsp3) is 0.636. The van der Waals surface area contributed by atoms with Crippen LogP contribution in [0.1, 0.15) is 30.4 Å². The first-order chi connectivity index (χ1) is 14.1. The Hall–Kier alpha value is -2.28. The van der Waals surface area contributed by atoms with Crippen molar-refractivity contribution >= 4 is 11.9 Å². The number of aryl methyl sites for hydroxylation is 1. The van der Waals surface area contributed by atoms with Crippen LogP contribution in [0.5, 0.6) is 5.75 Å². The summed E-state index contributed by atoms with van der Waals surface area (Å²) in [6.07, 6.45) is 3.55. The summed E-state index contributed by atoms with van der Waals surface area (Å²) in [6, 6.07) is 6.24. The zero-order valence-electron chi connectivity index (χ0n) is 18.1. The van der Waals surface area contributed by atoms with Crippen molar-refractivity contribution in [3.05, 3.63) is 29.3 Å². The molecule has 29 heavy (non-hydrogen) atoms. The third-order valence-corrected chi connectivity index (χ3v) is 5.75. The van der Waals surface area contributed by atoms with Crippen molar-refractivity contribution in [2.75, 3.05) is 60.0 Å². The van der Waals surface area contributed by atoms with Crippen LogP contribution in [0.25, 0.3) is 0 Å². The minimum atomic E-state index is 0.286. The van der Waals surface area contributed by atoms with Crippen LogP contribution in [0.3, 0.4) is 0 Å². The molecule has 0 saturated carbocycles. The van der Waals surface area contributed by atoms with Gasteiger partial charge in [0.05, 0.1) is 13.7 Å². The third-order valence-electron chi connectivity index (χ3n) is 5.75. The highest BCUT2D eigenvalue weighted by Crippen LogP contribution is 2.16. The van der Waals surface area contributed by atoms with E-state index in [4.69, 9.17) is 4.74 Å². The molecule has 1 N–H and O–H groups in total. The highest BCUT2D eigenvalue weighted by atomic mass is 16.5. The molecule has 3 rings (SSSR count). The number of hydrogen-bond donors (Lipinski definition) is 1. The van der Waals surface area contributed by atoms with Crippen molar-refractivity contribution in [3.63, 3.8) is 0 Å². The van der Waals surface area contributed by atoms with Crippen LogP contribution in [0.2, 0.25) is 0 Å². The molecular formula is C22H35N5O2. The first-order valence-electron chi connectivity index (χ1n) is 10.7. The molecule has 2 saturated heterocycles. The number of carbonyl (C=O) groups is 1. The normalized spacial score (nSPS) is 18.7. The molecule has 0 radical (unpaired) electrons. The van der Waals surface area contributed by atoms with E-state index in [1.54, 1.807) is 7.11 Å². The Morgan fingerprint density at radius 2 is 1.76 bits per heavy atom. The Kier molecular flexibility index (Phi) is 7.75. The zero-order valence-corrected chi connectivity index (χ0v) is 18.1. The summed E-state index contributed by atoms with van der Waals surface area (Å²) in [5.41, 5.74) is 2.36. The predicted molar refractivity (Wildman–Crippen MR) is 116 cm³/mol. The number of aliphatic imine (C=N–C) groups is 1. The summed E-state index contributed by atoms with van der Waals surface area (Å²) in [6.45, 7) is 8.72. The van der Waals surface area contributed by atoms with E-state index < -0.39 is 0 Å². The number of rotatable bonds is 5. The lowest BCUT2D eigenvalue weighted by molar-refractivity contribution is -0.133. The van der Waals surface area contributed by atoms with Crippen LogP contribution in [-0.4, -0.2) is 86.5 Å². The van der Waals surface area contributed by atoms with Crippen LogP contribution in [0.15, 0.2) is 23.2 Å². The summed E-state index contributed by atoms with van der Waals surface area (Å²) in [5, 5.41) is 3.47. The van der Waals surface area contributed by atoms with Gasteiger partial charge >= 0.3 is 0 Å². The molecule has 0 spiro atoms. The monoisotopic (exact) mass is 401 g/mol. The SMILES string of the molecule is CN=C(NCc1cc(C)cc(OC)c1)N1CCN(CC(=O)N2CCCCC2)CC1. The summed E-state index contributed by atoms with van der Waals surface area (Å²) in [5.74, 6) is 2.07. The maximum absolute atomic E-state index is 12.5. The van der Waals surface area contributed by atoms with E-state index in [1.807, 2.05) is 18.0 Å². The average Bonchev–Trinajstić information content (AvgIpc) is 2.75. The van der Waals surface area contributed by atoms with Gasteiger partial charge in [-0.05, 0) is 49.4 Å². The first kappa shape index (κ1) is 21.4. The van der Waals surface area contributed by atoms with Gasteiger partial charge in [-0.2, -0.15) is 0 Å². The van der Waals surface area contributed by atoms with Gasteiger partial charge in [0.25, 0.3) is 0 Å². The van der Waals surface area contributed by atoms with Crippen molar-refractivity contribution in [3.8, 4) is 5.75 Å². The van der Waals surface area contributed by atoms with Crippen LogP contribution in [0.4, 0.5) is 0 Å². The molecule has 2 aliphatic rings. The second-order valence-electron chi connectivity index (χ2n) is 7.96. The van der Waals surface area contributed by atoms with Gasteiger partial charge in [0, 0.05) is 52.9 Å². The Labute approximate surface area is 174 Å². The Bertz CT molecular complexity index is 707. The number of amides is 1. The lowest BCUT2D eigenvalue weighted by atomic mass is 10.1. The van der Waals surface area contributed by atoms with Gasteiger partial charge in [0.2, 0.25) is 5.91 Å². The third kappa shape index (κ3) is 6.10. The molecule has 7 nitrogen and oxygen atoms in total. The molecule has 2 fully saturated rings. The summed E-state index contributed by atoms with van der Waals surface area (Å²) < 4.78 is 5.37. The number of benzene rings is 1. The zero-order chi connectivity index (χ0) is 20.6. The van der Waals surface area contributed by atoms with Gasteiger partial charge in [-0.1, -0.05) is 6.07 Å². The topological polar surface area (TPSA) is 60.4 Å². The minimum Gasteiger partial charge on any atom is -0.497 e. The van der Waals surface area contributed by atoms with Gasteiger partial charge in [0.15, 0.2) is 5.96 Å². The van der Waals surface area contributed by atoms with Crippen LogP contribution in [-0.2, 0) is 11.3 Å². The number of likely N-dealkylation sites (tertiary alicyclic amines) is 1. The number of carbonyl (C=O) groups excluding carboxylic acids is 1. The van der Waals surface area contributed by atoms with Crippen molar-refractivity contribution in [2.24, 2.45) is 4.99 Å². The predicted octanol–water partition coefficient (Wildman–Crippen LogP) is 1.71. The Balaban J connectivity index is 1.46. The van der Waals surface area contributed by atoms with Gasteiger partial charge in [0.1, 0.15) is 5.75 Å². The number of piperidine rings is 1. The quantitative estimate of drug-likeness (QED) is 0.601. The molecule has 2 heterocycles. The molecule has 2 aliphatic heterocycles. The number of ether oxygens (including phenoxy) is 1. The lowest BCUT2D eigenvalue weighted by Crippen LogP contribution is -2.54. The van der Waals surface area contributed by atoms with Gasteiger partial charge in [-0.15, -0.1) is 0 Å². The molecule has 0 unspecified atom stereocenters. The number of guanidine groups is 1. The smallest absolute Gasteiger partial charge is 0.236 e. The molecule has 160 valence electrons. The van der Waals surface area contributed by atoms with Gasteiger partial charge < -0.3 is 19.9 Å². The number of nitrogens with one attached hydrogen (secondary N) is 1. The van der Waals surface area contributed by atoms with Crippen molar-refractivity contribution in [1.29, 1.82) is 0 Å². The maximum Gasteiger partial charge on any atom is 0.236 e. The first-order valence-corrected chi connectivity index (χ1v) is 10.7. The fourth-order valence-corrected chi connectivity index (χ4v) is 4.11. The molecule has 0 atom stereocenters. The number of hydrogen-bond acceptors (Lipinski definition) is 4. The molecule has 1 amide bonds.